The number of aromatic amines is 1. The van der Waals surface area contributed by atoms with Crippen molar-refractivity contribution in [1.29, 1.82) is 5.26 Å². The predicted molar refractivity (Wildman–Crippen MR) is 133 cm³/mol. The predicted octanol–water partition coefficient (Wildman–Crippen LogP) is 3.29. The van der Waals surface area contributed by atoms with Gasteiger partial charge in [-0.1, -0.05) is 32.4 Å². The lowest BCUT2D eigenvalue weighted by Crippen LogP contribution is -2.51. The molecule has 3 rings (SSSR count). The summed E-state index contributed by atoms with van der Waals surface area (Å²) in [6, 6.07) is 5.36. The van der Waals surface area contributed by atoms with Gasteiger partial charge in [-0.3, -0.25) is 14.4 Å². The Morgan fingerprint density at radius 1 is 1.31 bits per heavy atom. The van der Waals surface area contributed by atoms with Crippen LogP contribution in [0.3, 0.4) is 0 Å². The van der Waals surface area contributed by atoms with Crippen LogP contribution in [-0.4, -0.2) is 48.4 Å². The lowest BCUT2D eigenvalue weighted by atomic mass is 9.87. The SMILES string of the molecule is COc1ccc(Cl)c2[nH]c(C(=O)NC(CC(C)(C)C)C(=O)N[C@H](C#N)CC3CCCNC3=O)cc12. The summed E-state index contributed by atoms with van der Waals surface area (Å²) in [5.41, 5.74) is 0.505. The first-order chi connectivity index (χ1) is 16.5. The molecule has 2 aromatic rings. The molecule has 3 amide bonds. The van der Waals surface area contributed by atoms with Crippen LogP contribution in [0.5, 0.6) is 5.75 Å². The van der Waals surface area contributed by atoms with Gasteiger partial charge in [0.05, 0.1) is 23.7 Å². The van der Waals surface area contributed by atoms with Crippen molar-refractivity contribution in [2.45, 2.75) is 58.5 Å². The minimum absolute atomic E-state index is 0.0989. The summed E-state index contributed by atoms with van der Waals surface area (Å²) in [5, 5.41) is 19.0. The Kier molecular flexibility index (Phi) is 8.28. The first-order valence-corrected chi connectivity index (χ1v) is 12.0. The summed E-state index contributed by atoms with van der Waals surface area (Å²) in [6.07, 6.45) is 2.08. The average molecular weight is 502 g/mol. The number of nitrogens with zero attached hydrogens (tertiary/aromatic N) is 1. The van der Waals surface area contributed by atoms with Gasteiger partial charge < -0.3 is 25.7 Å². The molecule has 4 N–H and O–H groups in total. The van der Waals surface area contributed by atoms with Crippen LogP contribution < -0.4 is 20.7 Å². The van der Waals surface area contributed by atoms with Crippen LogP contribution >= 0.6 is 11.6 Å². The Morgan fingerprint density at radius 2 is 2.06 bits per heavy atom. The molecule has 1 aromatic heterocycles. The van der Waals surface area contributed by atoms with E-state index in [4.69, 9.17) is 16.3 Å². The highest BCUT2D eigenvalue weighted by Gasteiger charge is 2.31. The number of nitrogens with one attached hydrogen (secondary N) is 4. The highest BCUT2D eigenvalue weighted by Crippen LogP contribution is 2.32. The number of halogens is 1. The first kappa shape index (κ1) is 26.4. The molecule has 0 spiro atoms. The number of carbonyl (C=O) groups excluding carboxylic acids is 3. The number of rotatable bonds is 8. The van der Waals surface area contributed by atoms with Gasteiger partial charge in [0.15, 0.2) is 0 Å². The number of methoxy groups -OCH3 is 1. The summed E-state index contributed by atoms with van der Waals surface area (Å²) in [4.78, 5) is 41.4. The molecule has 2 unspecified atom stereocenters. The molecule has 188 valence electrons. The van der Waals surface area contributed by atoms with Crippen LogP contribution in [0, 0.1) is 22.7 Å². The molecule has 35 heavy (non-hydrogen) atoms. The Hall–Kier alpha value is -3.25. The molecule has 10 heteroatoms. The normalized spacial score (nSPS) is 17.7. The smallest absolute Gasteiger partial charge is 0.268 e. The van der Waals surface area contributed by atoms with Crippen molar-refractivity contribution >= 4 is 40.2 Å². The molecule has 9 nitrogen and oxygen atoms in total. The van der Waals surface area contributed by atoms with Crippen molar-refractivity contribution in [2.24, 2.45) is 11.3 Å². The summed E-state index contributed by atoms with van der Waals surface area (Å²) in [5.74, 6) is -0.812. The fourth-order valence-electron chi connectivity index (χ4n) is 4.28. The molecule has 0 aliphatic carbocycles. The van der Waals surface area contributed by atoms with Crippen molar-refractivity contribution in [3.05, 3.63) is 28.9 Å². The van der Waals surface area contributed by atoms with Crippen LogP contribution in [0.4, 0.5) is 0 Å². The molecule has 1 saturated heterocycles. The second kappa shape index (κ2) is 11.0. The molecule has 0 radical (unpaired) electrons. The molecule has 1 aliphatic rings. The number of nitriles is 1. The minimum Gasteiger partial charge on any atom is -0.496 e. The third kappa shape index (κ3) is 6.67. The van der Waals surface area contributed by atoms with Gasteiger partial charge >= 0.3 is 0 Å². The molecule has 0 bridgehead atoms. The van der Waals surface area contributed by atoms with E-state index in [1.54, 1.807) is 18.2 Å². The number of benzene rings is 1. The van der Waals surface area contributed by atoms with Gasteiger partial charge in [0.1, 0.15) is 23.5 Å². The van der Waals surface area contributed by atoms with E-state index in [0.717, 1.165) is 6.42 Å². The van der Waals surface area contributed by atoms with E-state index in [1.165, 1.54) is 7.11 Å². The number of hydrogen-bond acceptors (Lipinski definition) is 5. The zero-order chi connectivity index (χ0) is 25.8. The summed E-state index contributed by atoms with van der Waals surface area (Å²) in [7, 11) is 1.53. The van der Waals surface area contributed by atoms with Gasteiger partial charge in [-0.25, -0.2) is 0 Å². The molecular formula is C25H32ClN5O4. The number of ether oxygens (including phenoxy) is 1. The number of carbonyl (C=O) groups is 3. The minimum atomic E-state index is -0.887. The Bertz CT molecular complexity index is 1150. The molecule has 1 aliphatic heterocycles. The Balaban J connectivity index is 1.77. The van der Waals surface area contributed by atoms with E-state index >= 15 is 0 Å². The number of piperidine rings is 1. The molecule has 3 atom stereocenters. The quantitative estimate of drug-likeness (QED) is 0.440. The van der Waals surface area contributed by atoms with Crippen LogP contribution in [0.15, 0.2) is 18.2 Å². The van der Waals surface area contributed by atoms with Gasteiger partial charge in [-0.05, 0) is 49.3 Å². The maximum absolute atomic E-state index is 13.2. The van der Waals surface area contributed by atoms with E-state index < -0.39 is 23.9 Å². The standard InChI is InChI=1S/C25H32ClN5O4/c1-25(2,3)12-19(24(34)29-15(13-27)10-14-6-5-9-28-22(14)32)31-23(33)18-11-16-20(35-4)8-7-17(26)21(16)30-18/h7-8,11,14-15,19,30H,5-6,9-10,12H2,1-4H3,(H,28,32)(H,29,34)(H,31,33)/t14?,15-,19?/m0/s1. The third-order valence-corrected chi connectivity index (χ3v) is 6.31. The van der Waals surface area contributed by atoms with Gasteiger partial charge in [0.2, 0.25) is 11.8 Å². The maximum Gasteiger partial charge on any atom is 0.268 e. The topological polar surface area (TPSA) is 136 Å². The average Bonchev–Trinajstić information content (AvgIpc) is 3.25. The summed E-state index contributed by atoms with van der Waals surface area (Å²) >= 11 is 6.27. The fraction of sp³-hybridized carbons (Fsp3) is 0.520. The van der Waals surface area contributed by atoms with Crippen LogP contribution in [0.25, 0.3) is 10.9 Å². The number of hydrogen-bond donors (Lipinski definition) is 4. The zero-order valence-corrected chi connectivity index (χ0v) is 21.2. The van der Waals surface area contributed by atoms with Crippen LogP contribution in [-0.2, 0) is 9.59 Å². The lowest BCUT2D eigenvalue weighted by Gasteiger charge is -2.28. The summed E-state index contributed by atoms with van der Waals surface area (Å²) in [6.45, 7) is 6.51. The zero-order valence-electron chi connectivity index (χ0n) is 20.5. The van der Waals surface area contributed by atoms with Gasteiger partial charge in [-0.15, -0.1) is 0 Å². The second-order valence-corrected chi connectivity index (χ2v) is 10.5. The second-order valence-electron chi connectivity index (χ2n) is 10.1. The van der Waals surface area contributed by atoms with E-state index in [-0.39, 0.29) is 29.4 Å². The maximum atomic E-state index is 13.2. The van der Waals surface area contributed by atoms with E-state index in [0.29, 0.717) is 41.1 Å². The first-order valence-electron chi connectivity index (χ1n) is 11.7. The van der Waals surface area contributed by atoms with E-state index in [2.05, 4.69) is 27.0 Å². The number of H-pyrrole nitrogens is 1. The number of aromatic nitrogens is 1. The van der Waals surface area contributed by atoms with Gasteiger partial charge in [0, 0.05) is 17.8 Å². The van der Waals surface area contributed by atoms with Crippen molar-refractivity contribution in [2.75, 3.05) is 13.7 Å². The van der Waals surface area contributed by atoms with Gasteiger partial charge in [0.25, 0.3) is 5.91 Å². The molecule has 1 fully saturated rings. The molecule has 1 aromatic carbocycles. The Labute approximate surface area is 209 Å². The van der Waals surface area contributed by atoms with E-state index in [9.17, 15) is 19.6 Å². The highest BCUT2D eigenvalue weighted by molar-refractivity contribution is 6.35. The van der Waals surface area contributed by atoms with Crippen molar-refractivity contribution in [3.8, 4) is 11.8 Å². The van der Waals surface area contributed by atoms with Crippen LogP contribution in [0.2, 0.25) is 5.02 Å². The third-order valence-electron chi connectivity index (χ3n) is 6.00. The number of amides is 3. The van der Waals surface area contributed by atoms with Crippen molar-refractivity contribution in [3.63, 3.8) is 0 Å². The molecule has 0 saturated carbocycles. The Morgan fingerprint density at radius 3 is 2.69 bits per heavy atom. The fourth-order valence-corrected chi connectivity index (χ4v) is 4.49. The monoisotopic (exact) mass is 501 g/mol. The van der Waals surface area contributed by atoms with Crippen molar-refractivity contribution in [1.82, 2.24) is 20.9 Å². The highest BCUT2D eigenvalue weighted by atomic mass is 35.5. The lowest BCUT2D eigenvalue weighted by molar-refractivity contribution is -0.128. The molecule has 2 heterocycles. The summed E-state index contributed by atoms with van der Waals surface area (Å²) < 4.78 is 5.35. The van der Waals surface area contributed by atoms with Crippen molar-refractivity contribution < 1.29 is 19.1 Å². The van der Waals surface area contributed by atoms with E-state index in [1.807, 2.05) is 20.8 Å². The molecular weight excluding hydrogens is 470 g/mol. The van der Waals surface area contributed by atoms with Crippen LogP contribution in [0.1, 0.15) is 56.9 Å². The largest absolute Gasteiger partial charge is 0.496 e. The van der Waals surface area contributed by atoms with Gasteiger partial charge in [-0.2, -0.15) is 5.26 Å². The number of fused-ring (bicyclic) bond motifs is 1.